The van der Waals surface area contributed by atoms with Crippen molar-refractivity contribution in [2.24, 2.45) is 17.8 Å². The van der Waals surface area contributed by atoms with E-state index in [1.54, 1.807) is 0 Å². The number of aliphatic hydroxyl groups is 1. The summed E-state index contributed by atoms with van der Waals surface area (Å²) in [6.45, 7) is 6.58. The second-order valence-corrected chi connectivity index (χ2v) is 8.98. The van der Waals surface area contributed by atoms with Crippen LogP contribution in [0.1, 0.15) is 96.8 Å². The van der Waals surface area contributed by atoms with Crippen molar-refractivity contribution in [3.05, 3.63) is 12.2 Å². The third-order valence-electron chi connectivity index (χ3n) is 6.94. The summed E-state index contributed by atoms with van der Waals surface area (Å²) in [7, 11) is 0. The lowest BCUT2D eigenvalue weighted by molar-refractivity contribution is -0.116. The van der Waals surface area contributed by atoms with Crippen LogP contribution in [0.4, 0.5) is 0 Å². The zero-order valence-electron chi connectivity index (χ0n) is 17.6. The second-order valence-electron chi connectivity index (χ2n) is 8.98. The van der Waals surface area contributed by atoms with Gasteiger partial charge < -0.3 is 9.84 Å². The van der Waals surface area contributed by atoms with Crippen molar-refractivity contribution in [3.8, 4) is 0 Å². The SMILES string of the molecule is C=C(COC1CCC(C2CCC(CCCCC)CC2)CC1)C(=O)CCCO. The molecule has 0 aliphatic heterocycles. The Morgan fingerprint density at radius 2 is 1.59 bits per heavy atom. The number of carbonyl (C=O) groups excluding carboxylic acids is 1. The summed E-state index contributed by atoms with van der Waals surface area (Å²) in [4.78, 5) is 11.9. The normalized spacial score (nSPS) is 28.8. The molecular formula is C24H42O3. The number of hydrogen-bond acceptors (Lipinski definition) is 3. The molecule has 1 N–H and O–H groups in total. The lowest BCUT2D eigenvalue weighted by Crippen LogP contribution is -2.29. The van der Waals surface area contributed by atoms with Gasteiger partial charge in [0.05, 0.1) is 12.7 Å². The molecule has 3 nitrogen and oxygen atoms in total. The van der Waals surface area contributed by atoms with Gasteiger partial charge in [0, 0.05) is 18.6 Å². The van der Waals surface area contributed by atoms with Crippen LogP contribution in [0.5, 0.6) is 0 Å². The van der Waals surface area contributed by atoms with Gasteiger partial charge in [-0.3, -0.25) is 4.79 Å². The van der Waals surface area contributed by atoms with Gasteiger partial charge in [0.15, 0.2) is 5.78 Å². The van der Waals surface area contributed by atoms with Gasteiger partial charge in [0.25, 0.3) is 0 Å². The number of Topliss-reactive ketones (excluding diaryl/α,β-unsaturated/α-hetero) is 1. The number of ether oxygens (including phenoxy) is 1. The molecule has 0 aromatic carbocycles. The van der Waals surface area contributed by atoms with Crippen molar-refractivity contribution in [1.82, 2.24) is 0 Å². The minimum atomic E-state index is 0.0356. The molecule has 0 aromatic heterocycles. The molecule has 0 atom stereocenters. The first kappa shape index (κ1) is 22.6. The predicted molar refractivity (Wildman–Crippen MR) is 112 cm³/mol. The molecule has 0 aromatic rings. The standard InChI is InChI=1S/C24H42O3/c1-3-4-5-7-20-9-11-21(12-10-20)22-13-15-23(16-14-22)27-18-19(2)24(26)8-6-17-25/h20-23,25H,2-18H2,1H3. The van der Waals surface area contributed by atoms with Crippen LogP contribution in [0.15, 0.2) is 12.2 Å². The zero-order chi connectivity index (χ0) is 19.5. The molecule has 2 rings (SSSR count). The van der Waals surface area contributed by atoms with E-state index >= 15 is 0 Å². The van der Waals surface area contributed by atoms with E-state index in [0.29, 0.717) is 31.1 Å². The molecule has 2 aliphatic rings. The van der Waals surface area contributed by atoms with E-state index < -0.39 is 0 Å². The lowest BCUT2D eigenvalue weighted by atomic mass is 9.70. The van der Waals surface area contributed by atoms with Crippen LogP contribution in [0.2, 0.25) is 0 Å². The van der Waals surface area contributed by atoms with Crippen LogP contribution < -0.4 is 0 Å². The maximum atomic E-state index is 11.9. The minimum Gasteiger partial charge on any atom is -0.396 e. The van der Waals surface area contributed by atoms with Crippen LogP contribution in [-0.4, -0.2) is 30.2 Å². The molecule has 0 bridgehead atoms. The molecule has 0 heterocycles. The van der Waals surface area contributed by atoms with Crippen molar-refractivity contribution >= 4 is 5.78 Å². The summed E-state index contributed by atoms with van der Waals surface area (Å²) in [5, 5.41) is 8.81. The molecule has 0 spiro atoms. The van der Waals surface area contributed by atoms with E-state index in [1.165, 1.54) is 64.2 Å². The van der Waals surface area contributed by atoms with E-state index in [4.69, 9.17) is 9.84 Å². The van der Waals surface area contributed by atoms with Gasteiger partial charge in [-0.15, -0.1) is 0 Å². The molecule has 156 valence electrons. The fourth-order valence-electron chi connectivity index (χ4n) is 5.07. The minimum absolute atomic E-state index is 0.0356. The van der Waals surface area contributed by atoms with Crippen LogP contribution in [-0.2, 0) is 9.53 Å². The molecule has 27 heavy (non-hydrogen) atoms. The highest BCUT2D eigenvalue weighted by atomic mass is 16.5. The van der Waals surface area contributed by atoms with Crippen molar-refractivity contribution in [1.29, 1.82) is 0 Å². The Morgan fingerprint density at radius 3 is 2.19 bits per heavy atom. The van der Waals surface area contributed by atoms with Gasteiger partial charge in [-0.2, -0.15) is 0 Å². The quantitative estimate of drug-likeness (QED) is 0.342. The Hall–Kier alpha value is -0.670. The summed E-state index contributed by atoms with van der Waals surface area (Å²) >= 11 is 0. The molecule has 0 amide bonds. The third kappa shape index (κ3) is 8.07. The topological polar surface area (TPSA) is 46.5 Å². The first-order chi connectivity index (χ1) is 13.1. The van der Waals surface area contributed by atoms with E-state index in [0.717, 1.165) is 30.6 Å². The monoisotopic (exact) mass is 378 g/mol. The first-order valence-corrected chi connectivity index (χ1v) is 11.6. The predicted octanol–water partition coefficient (Wildman–Crippen LogP) is 5.85. The molecule has 0 radical (unpaired) electrons. The van der Waals surface area contributed by atoms with Crippen LogP contribution in [0.3, 0.4) is 0 Å². The summed E-state index contributed by atoms with van der Waals surface area (Å²) in [5.41, 5.74) is 0.562. The molecule has 0 unspecified atom stereocenters. The largest absolute Gasteiger partial charge is 0.396 e. The number of aliphatic hydroxyl groups excluding tert-OH is 1. The highest BCUT2D eigenvalue weighted by Gasteiger charge is 2.31. The molecule has 0 saturated heterocycles. The van der Waals surface area contributed by atoms with Crippen molar-refractivity contribution in [2.45, 2.75) is 103 Å². The zero-order valence-corrected chi connectivity index (χ0v) is 17.6. The average Bonchev–Trinajstić information content (AvgIpc) is 2.71. The Morgan fingerprint density at radius 1 is 0.963 bits per heavy atom. The number of hydrogen-bond donors (Lipinski definition) is 1. The highest BCUT2D eigenvalue weighted by molar-refractivity contribution is 5.94. The summed E-state index contributed by atoms with van der Waals surface area (Å²) in [6, 6.07) is 0. The van der Waals surface area contributed by atoms with E-state index in [2.05, 4.69) is 13.5 Å². The molecule has 3 heteroatoms. The molecular weight excluding hydrogens is 336 g/mol. The van der Waals surface area contributed by atoms with Gasteiger partial charge in [0.2, 0.25) is 0 Å². The van der Waals surface area contributed by atoms with E-state index in [9.17, 15) is 4.79 Å². The number of unbranched alkanes of at least 4 members (excludes halogenated alkanes) is 2. The summed E-state index contributed by atoms with van der Waals surface area (Å²) in [5.74, 6) is 2.88. The highest BCUT2D eigenvalue weighted by Crippen LogP contribution is 2.41. The second kappa shape index (κ2) is 12.7. The molecule has 2 saturated carbocycles. The number of ketones is 1. The smallest absolute Gasteiger partial charge is 0.160 e. The number of carbonyl (C=O) groups is 1. The van der Waals surface area contributed by atoms with Gasteiger partial charge >= 0.3 is 0 Å². The lowest BCUT2D eigenvalue weighted by Gasteiger charge is -2.38. The Kier molecular flexibility index (Phi) is 10.7. The molecule has 2 fully saturated rings. The fourth-order valence-corrected chi connectivity index (χ4v) is 5.07. The van der Waals surface area contributed by atoms with Gasteiger partial charge in [-0.25, -0.2) is 0 Å². The van der Waals surface area contributed by atoms with Gasteiger partial charge in [0.1, 0.15) is 0 Å². The summed E-state index contributed by atoms with van der Waals surface area (Å²) in [6.07, 6.45) is 17.5. The maximum Gasteiger partial charge on any atom is 0.160 e. The van der Waals surface area contributed by atoms with Crippen LogP contribution in [0, 0.1) is 17.8 Å². The maximum absolute atomic E-state index is 11.9. The van der Waals surface area contributed by atoms with Crippen molar-refractivity contribution < 1.29 is 14.6 Å². The van der Waals surface area contributed by atoms with Crippen LogP contribution >= 0.6 is 0 Å². The fraction of sp³-hybridized carbons (Fsp3) is 0.875. The van der Waals surface area contributed by atoms with E-state index in [-0.39, 0.29) is 12.4 Å². The summed E-state index contributed by atoms with van der Waals surface area (Å²) < 4.78 is 5.97. The third-order valence-corrected chi connectivity index (χ3v) is 6.94. The van der Waals surface area contributed by atoms with Gasteiger partial charge in [-0.05, 0) is 62.7 Å². The Bertz CT molecular complexity index is 429. The number of rotatable bonds is 12. The van der Waals surface area contributed by atoms with Crippen molar-refractivity contribution in [2.75, 3.05) is 13.2 Å². The van der Waals surface area contributed by atoms with Gasteiger partial charge in [-0.1, -0.05) is 52.0 Å². The van der Waals surface area contributed by atoms with Crippen LogP contribution in [0.25, 0.3) is 0 Å². The average molecular weight is 379 g/mol. The molecule has 2 aliphatic carbocycles. The van der Waals surface area contributed by atoms with E-state index in [1.807, 2.05) is 0 Å². The van der Waals surface area contributed by atoms with Crippen molar-refractivity contribution in [3.63, 3.8) is 0 Å². The Balaban J connectivity index is 1.59. The first-order valence-electron chi connectivity index (χ1n) is 11.6. The Labute approximate surface area is 167 Å².